The van der Waals surface area contributed by atoms with Gasteiger partial charge in [0.15, 0.2) is 0 Å². The number of nitrogens with one attached hydrogen (secondary N) is 1. The number of halogens is 1. The Hall–Kier alpha value is -3.41. The Morgan fingerprint density at radius 2 is 1.70 bits per heavy atom. The summed E-state index contributed by atoms with van der Waals surface area (Å²) in [5.41, 5.74) is 3.19. The molecule has 1 aliphatic carbocycles. The molecule has 0 unspecified atom stereocenters. The maximum Gasteiger partial charge on any atom is 0.254 e. The van der Waals surface area contributed by atoms with E-state index < -0.39 is 0 Å². The van der Waals surface area contributed by atoms with Crippen LogP contribution in [0.15, 0.2) is 59.0 Å². The number of anilines is 1. The summed E-state index contributed by atoms with van der Waals surface area (Å²) in [6.07, 6.45) is 6.08. The number of carbonyl (C=O) groups excluding carboxylic acids is 2. The number of hydrogen-bond donors (Lipinski definition) is 1. The molecule has 33 heavy (non-hydrogen) atoms. The van der Waals surface area contributed by atoms with Crippen molar-refractivity contribution in [1.82, 2.24) is 4.90 Å². The van der Waals surface area contributed by atoms with Crippen LogP contribution in [0.1, 0.15) is 53.8 Å². The summed E-state index contributed by atoms with van der Waals surface area (Å²) in [6, 6.07) is 15.3. The first kappa shape index (κ1) is 21.4. The van der Waals surface area contributed by atoms with Gasteiger partial charge >= 0.3 is 0 Å². The number of rotatable bonds is 4. The van der Waals surface area contributed by atoms with E-state index >= 15 is 0 Å². The van der Waals surface area contributed by atoms with Crippen LogP contribution >= 0.6 is 0 Å². The molecule has 5 rings (SSSR count). The molecule has 0 bridgehead atoms. The van der Waals surface area contributed by atoms with Crippen LogP contribution in [-0.2, 0) is 17.8 Å². The van der Waals surface area contributed by atoms with Crippen molar-refractivity contribution < 1.29 is 18.4 Å². The van der Waals surface area contributed by atoms with E-state index in [2.05, 4.69) is 5.32 Å². The third-order valence-electron chi connectivity index (χ3n) is 6.66. The molecule has 1 fully saturated rings. The normalized spacial score (nSPS) is 16.3. The molecule has 0 spiro atoms. The molecule has 0 atom stereocenters. The lowest BCUT2D eigenvalue weighted by Gasteiger charge is -2.26. The molecule has 2 heterocycles. The van der Waals surface area contributed by atoms with Gasteiger partial charge in [0.05, 0.1) is 0 Å². The van der Waals surface area contributed by atoms with Crippen molar-refractivity contribution in [3.05, 3.63) is 77.3 Å². The number of nitrogens with zero attached hydrogens (tertiary/aromatic N) is 1. The van der Waals surface area contributed by atoms with Crippen LogP contribution in [-0.4, -0.2) is 23.3 Å². The van der Waals surface area contributed by atoms with Crippen molar-refractivity contribution in [1.29, 1.82) is 0 Å². The fraction of sp³-hybridized carbons (Fsp3) is 0.333. The van der Waals surface area contributed by atoms with Gasteiger partial charge in [-0.2, -0.15) is 0 Å². The Balaban J connectivity index is 1.25. The molecule has 1 aromatic heterocycles. The molecule has 170 valence electrons. The van der Waals surface area contributed by atoms with Gasteiger partial charge in [-0.3, -0.25) is 9.59 Å². The van der Waals surface area contributed by atoms with Crippen LogP contribution in [0.4, 0.5) is 10.1 Å². The van der Waals surface area contributed by atoms with Gasteiger partial charge < -0.3 is 14.6 Å². The summed E-state index contributed by atoms with van der Waals surface area (Å²) in [5.74, 6) is 1.41. The van der Waals surface area contributed by atoms with Crippen LogP contribution in [0, 0.1) is 11.7 Å². The minimum absolute atomic E-state index is 0.110. The molecule has 0 saturated heterocycles. The van der Waals surface area contributed by atoms with Crippen molar-refractivity contribution in [2.24, 2.45) is 5.92 Å². The average Bonchev–Trinajstić information content (AvgIpc) is 3.28. The molecule has 5 nitrogen and oxygen atoms in total. The van der Waals surface area contributed by atoms with Gasteiger partial charge in [0, 0.05) is 47.8 Å². The van der Waals surface area contributed by atoms with Crippen LogP contribution in [0.3, 0.4) is 0 Å². The minimum atomic E-state index is -0.355. The van der Waals surface area contributed by atoms with E-state index in [9.17, 15) is 14.0 Å². The van der Waals surface area contributed by atoms with E-state index in [0.29, 0.717) is 25.1 Å². The molecule has 1 N–H and O–H groups in total. The van der Waals surface area contributed by atoms with Crippen molar-refractivity contribution >= 4 is 17.5 Å². The molecule has 1 saturated carbocycles. The predicted octanol–water partition coefficient (Wildman–Crippen LogP) is 5.80. The Bertz CT molecular complexity index is 1150. The number of carbonyl (C=O) groups is 2. The monoisotopic (exact) mass is 446 g/mol. The molecular weight excluding hydrogens is 419 g/mol. The van der Waals surface area contributed by atoms with E-state index in [0.717, 1.165) is 54.0 Å². The SMILES string of the molecule is O=C(Nc1ccc(-c2cc3c(o2)CCN(C(=O)c2ccc(F)cc2)C3)cc1)C1CCCCC1. The van der Waals surface area contributed by atoms with E-state index in [1.807, 2.05) is 30.3 Å². The Kier molecular flexibility index (Phi) is 5.99. The first-order chi connectivity index (χ1) is 16.1. The lowest BCUT2D eigenvalue weighted by molar-refractivity contribution is -0.120. The van der Waals surface area contributed by atoms with Crippen molar-refractivity contribution in [3.63, 3.8) is 0 Å². The number of furan rings is 1. The molecule has 3 aromatic rings. The maximum absolute atomic E-state index is 13.2. The summed E-state index contributed by atoms with van der Waals surface area (Å²) in [5, 5.41) is 3.04. The number of hydrogen-bond acceptors (Lipinski definition) is 3. The molecule has 2 amide bonds. The molecular formula is C27H27FN2O3. The molecule has 0 radical (unpaired) electrons. The fourth-order valence-corrected chi connectivity index (χ4v) is 4.75. The lowest BCUT2D eigenvalue weighted by Crippen LogP contribution is -2.35. The number of fused-ring (bicyclic) bond motifs is 1. The standard InChI is InChI=1S/C27H27FN2O3/c28-22-10-6-20(7-11-22)27(32)30-15-14-24-21(17-30)16-25(33-24)18-8-12-23(13-9-18)29-26(31)19-4-2-1-3-5-19/h6-13,16,19H,1-5,14-15,17H2,(H,29,31). The summed E-state index contributed by atoms with van der Waals surface area (Å²) in [7, 11) is 0. The van der Waals surface area contributed by atoms with Crippen LogP contribution < -0.4 is 5.32 Å². The number of amides is 2. The minimum Gasteiger partial charge on any atom is -0.461 e. The highest BCUT2D eigenvalue weighted by Gasteiger charge is 2.25. The number of benzene rings is 2. The predicted molar refractivity (Wildman–Crippen MR) is 124 cm³/mol. The molecule has 6 heteroatoms. The van der Waals surface area contributed by atoms with E-state index in [1.54, 1.807) is 4.90 Å². The highest BCUT2D eigenvalue weighted by Crippen LogP contribution is 2.31. The van der Waals surface area contributed by atoms with Gasteiger partial charge in [-0.05, 0) is 67.4 Å². The van der Waals surface area contributed by atoms with E-state index in [1.165, 1.54) is 30.7 Å². The lowest BCUT2D eigenvalue weighted by atomic mass is 9.88. The second-order valence-corrected chi connectivity index (χ2v) is 8.94. The smallest absolute Gasteiger partial charge is 0.254 e. The summed E-state index contributed by atoms with van der Waals surface area (Å²) in [4.78, 5) is 27.0. The summed E-state index contributed by atoms with van der Waals surface area (Å²) >= 11 is 0. The fourth-order valence-electron chi connectivity index (χ4n) is 4.75. The largest absolute Gasteiger partial charge is 0.461 e. The maximum atomic E-state index is 13.2. The van der Waals surface area contributed by atoms with Crippen LogP contribution in [0.2, 0.25) is 0 Å². The second kappa shape index (κ2) is 9.22. The van der Waals surface area contributed by atoms with Gasteiger partial charge in [-0.25, -0.2) is 4.39 Å². The molecule has 1 aliphatic heterocycles. The third-order valence-corrected chi connectivity index (χ3v) is 6.66. The zero-order valence-electron chi connectivity index (χ0n) is 18.5. The van der Waals surface area contributed by atoms with Crippen LogP contribution in [0.5, 0.6) is 0 Å². The highest BCUT2D eigenvalue weighted by atomic mass is 19.1. The zero-order chi connectivity index (χ0) is 22.8. The van der Waals surface area contributed by atoms with Gasteiger partial charge in [0.2, 0.25) is 5.91 Å². The van der Waals surface area contributed by atoms with Gasteiger partial charge in [0.25, 0.3) is 5.91 Å². The second-order valence-electron chi connectivity index (χ2n) is 8.94. The van der Waals surface area contributed by atoms with Crippen molar-refractivity contribution in [2.75, 3.05) is 11.9 Å². The molecule has 2 aliphatic rings. The third kappa shape index (κ3) is 4.70. The Morgan fingerprint density at radius 3 is 2.42 bits per heavy atom. The van der Waals surface area contributed by atoms with Gasteiger partial charge in [0.1, 0.15) is 17.3 Å². The van der Waals surface area contributed by atoms with Gasteiger partial charge in [-0.15, -0.1) is 0 Å². The molecule has 2 aromatic carbocycles. The van der Waals surface area contributed by atoms with Gasteiger partial charge in [-0.1, -0.05) is 19.3 Å². The average molecular weight is 447 g/mol. The summed E-state index contributed by atoms with van der Waals surface area (Å²) < 4.78 is 19.3. The Morgan fingerprint density at radius 1 is 0.970 bits per heavy atom. The highest BCUT2D eigenvalue weighted by molar-refractivity contribution is 5.94. The first-order valence-corrected chi connectivity index (χ1v) is 11.6. The van der Waals surface area contributed by atoms with E-state index in [-0.39, 0.29) is 23.5 Å². The quantitative estimate of drug-likeness (QED) is 0.551. The first-order valence-electron chi connectivity index (χ1n) is 11.6. The van der Waals surface area contributed by atoms with Crippen molar-refractivity contribution in [2.45, 2.75) is 45.1 Å². The topological polar surface area (TPSA) is 62.6 Å². The van der Waals surface area contributed by atoms with Crippen LogP contribution in [0.25, 0.3) is 11.3 Å². The van der Waals surface area contributed by atoms with E-state index in [4.69, 9.17) is 4.42 Å². The van der Waals surface area contributed by atoms with Crippen molar-refractivity contribution in [3.8, 4) is 11.3 Å². The Labute approximate surface area is 192 Å². The summed E-state index contributed by atoms with van der Waals surface area (Å²) in [6.45, 7) is 1.02. The zero-order valence-corrected chi connectivity index (χ0v) is 18.5.